The Hall–Kier alpha value is -3.40. The molecule has 1 saturated heterocycles. The molecule has 1 atom stereocenters. The highest BCUT2D eigenvalue weighted by atomic mass is 16.2. The molecular formula is C27H28N2O2. The van der Waals surface area contributed by atoms with Crippen LogP contribution in [0.2, 0.25) is 0 Å². The SMILES string of the molecule is Cc1ccc(N2C[C@H](C(=O)NCCC(c3ccccc3)c3ccccc3)CC2=O)cc1. The summed E-state index contributed by atoms with van der Waals surface area (Å²) in [6.45, 7) is 3.03. The topological polar surface area (TPSA) is 49.4 Å². The first-order valence-corrected chi connectivity index (χ1v) is 10.9. The molecule has 0 aromatic heterocycles. The first-order valence-electron chi connectivity index (χ1n) is 10.9. The van der Waals surface area contributed by atoms with Crippen molar-refractivity contribution < 1.29 is 9.59 Å². The number of aryl methyl sites for hydroxylation is 1. The first-order chi connectivity index (χ1) is 15.1. The summed E-state index contributed by atoms with van der Waals surface area (Å²) in [5, 5.41) is 3.08. The molecule has 0 spiro atoms. The lowest BCUT2D eigenvalue weighted by atomic mass is 9.88. The van der Waals surface area contributed by atoms with Crippen LogP contribution in [-0.4, -0.2) is 24.9 Å². The molecule has 0 aliphatic carbocycles. The molecular weight excluding hydrogens is 384 g/mol. The Bertz CT molecular complexity index is 977. The lowest BCUT2D eigenvalue weighted by Gasteiger charge is -2.19. The Kier molecular flexibility index (Phi) is 6.46. The van der Waals surface area contributed by atoms with Crippen LogP contribution in [0.1, 0.15) is 35.4 Å². The second-order valence-electron chi connectivity index (χ2n) is 8.19. The second-order valence-corrected chi connectivity index (χ2v) is 8.19. The van der Waals surface area contributed by atoms with E-state index in [4.69, 9.17) is 0 Å². The third kappa shape index (κ3) is 5.02. The molecule has 1 fully saturated rings. The lowest BCUT2D eigenvalue weighted by molar-refractivity contribution is -0.126. The van der Waals surface area contributed by atoms with Crippen LogP contribution < -0.4 is 10.2 Å². The van der Waals surface area contributed by atoms with Gasteiger partial charge in [-0.2, -0.15) is 0 Å². The summed E-state index contributed by atoms with van der Waals surface area (Å²) in [6, 6.07) is 28.6. The van der Waals surface area contributed by atoms with Crippen LogP contribution in [0.4, 0.5) is 5.69 Å². The normalized spacial score (nSPS) is 16.0. The van der Waals surface area contributed by atoms with Crippen LogP contribution in [0, 0.1) is 12.8 Å². The van der Waals surface area contributed by atoms with E-state index in [1.165, 1.54) is 11.1 Å². The van der Waals surface area contributed by atoms with Gasteiger partial charge in [-0.25, -0.2) is 0 Å². The summed E-state index contributed by atoms with van der Waals surface area (Å²) < 4.78 is 0. The molecule has 0 unspecified atom stereocenters. The summed E-state index contributed by atoms with van der Waals surface area (Å²) >= 11 is 0. The smallest absolute Gasteiger partial charge is 0.227 e. The fourth-order valence-corrected chi connectivity index (χ4v) is 4.24. The molecule has 0 saturated carbocycles. The fourth-order valence-electron chi connectivity index (χ4n) is 4.24. The maximum absolute atomic E-state index is 12.8. The Balaban J connectivity index is 1.36. The lowest BCUT2D eigenvalue weighted by Crippen LogP contribution is -2.34. The average Bonchev–Trinajstić information content (AvgIpc) is 3.20. The Labute approximate surface area is 183 Å². The molecule has 1 heterocycles. The zero-order valence-electron chi connectivity index (χ0n) is 17.8. The highest BCUT2D eigenvalue weighted by Crippen LogP contribution is 2.28. The van der Waals surface area contributed by atoms with Crippen molar-refractivity contribution in [1.82, 2.24) is 5.32 Å². The van der Waals surface area contributed by atoms with Crippen molar-refractivity contribution in [3.63, 3.8) is 0 Å². The van der Waals surface area contributed by atoms with Crippen molar-refractivity contribution in [2.24, 2.45) is 5.92 Å². The number of hydrogen-bond acceptors (Lipinski definition) is 2. The number of anilines is 1. The molecule has 1 aliphatic heterocycles. The molecule has 2 amide bonds. The quantitative estimate of drug-likeness (QED) is 0.612. The minimum absolute atomic E-state index is 0.00968. The van der Waals surface area contributed by atoms with Gasteiger partial charge in [-0.05, 0) is 36.6 Å². The van der Waals surface area contributed by atoms with Crippen molar-refractivity contribution in [2.45, 2.75) is 25.7 Å². The summed E-state index contributed by atoms with van der Waals surface area (Å²) in [5.41, 5.74) is 4.49. The van der Waals surface area contributed by atoms with Gasteiger partial charge in [-0.3, -0.25) is 9.59 Å². The van der Waals surface area contributed by atoms with E-state index >= 15 is 0 Å². The fraction of sp³-hybridized carbons (Fsp3) is 0.259. The number of benzene rings is 3. The van der Waals surface area contributed by atoms with Gasteiger partial charge < -0.3 is 10.2 Å². The van der Waals surface area contributed by atoms with Crippen LogP contribution in [0.15, 0.2) is 84.9 Å². The summed E-state index contributed by atoms with van der Waals surface area (Å²) in [7, 11) is 0. The number of carbonyl (C=O) groups excluding carboxylic acids is 2. The number of hydrogen-bond donors (Lipinski definition) is 1. The van der Waals surface area contributed by atoms with Crippen molar-refractivity contribution in [3.05, 3.63) is 102 Å². The summed E-state index contributed by atoms with van der Waals surface area (Å²) in [4.78, 5) is 27.0. The molecule has 31 heavy (non-hydrogen) atoms. The van der Waals surface area contributed by atoms with E-state index in [9.17, 15) is 9.59 Å². The predicted molar refractivity (Wildman–Crippen MR) is 124 cm³/mol. The van der Waals surface area contributed by atoms with Crippen LogP contribution in [-0.2, 0) is 9.59 Å². The van der Waals surface area contributed by atoms with Gasteiger partial charge in [0.25, 0.3) is 0 Å². The largest absolute Gasteiger partial charge is 0.356 e. The van der Waals surface area contributed by atoms with E-state index in [0.717, 1.165) is 17.7 Å². The van der Waals surface area contributed by atoms with Gasteiger partial charge in [0.1, 0.15) is 0 Å². The summed E-state index contributed by atoms with van der Waals surface area (Å²) in [6.07, 6.45) is 1.07. The van der Waals surface area contributed by atoms with Gasteiger partial charge in [-0.15, -0.1) is 0 Å². The molecule has 3 aromatic carbocycles. The highest BCUT2D eigenvalue weighted by Gasteiger charge is 2.35. The van der Waals surface area contributed by atoms with Crippen LogP contribution >= 0.6 is 0 Å². The number of rotatable bonds is 7. The maximum atomic E-state index is 12.8. The molecule has 1 N–H and O–H groups in total. The second kappa shape index (κ2) is 9.61. The minimum Gasteiger partial charge on any atom is -0.356 e. The molecule has 3 aromatic rings. The van der Waals surface area contributed by atoms with Gasteiger partial charge in [0.05, 0.1) is 5.92 Å². The Morgan fingerprint density at radius 1 is 0.935 bits per heavy atom. The third-order valence-electron chi connectivity index (χ3n) is 5.98. The Morgan fingerprint density at radius 3 is 2.10 bits per heavy atom. The molecule has 0 radical (unpaired) electrons. The van der Waals surface area contributed by atoms with Crippen LogP contribution in [0.5, 0.6) is 0 Å². The minimum atomic E-state index is -0.305. The number of nitrogens with zero attached hydrogens (tertiary/aromatic N) is 1. The van der Waals surface area contributed by atoms with E-state index in [1.807, 2.05) is 67.6 Å². The molecule has 158 valence electrons. The molecule has 4 heteroatoms. The van der Waals surface area contributed by atoms with E-state index in [1.54, 1.807) is 4.90 Å². The predicted octanol–water partition coefficient (Wildman–Crippen LogP) is 4.69. The van der Waals surface area contributed by atoms with Gasteiger partial charge in [0.15, 0.2) is 0 Å². The van der Waals surface area contributed by atoms with Gasteiger partial charge >= 0.3 is 0 Å². The highest BCUT2D eigenvalue weighted by molar-refractivity contribution is 6.00. The number of carbonyl (C=O) groups is 2. The van der Waals surface area contributed by atoms with E-state index in [2.05, 4.69) is 29.6 Å². The van der Waals surface area contributed by atoms with Crippen molar-refractivity contribution in [1.29, 1.82) is 0 Å². The van der Waals surface area contributed by atoms with E-state index in [-0.39, 0.29) is 30.1 Å². The van der Waals surface area contributed by atoms with Crippen LogP contribution in [0.25, 0.3) is 0 Å². The van der Waals surface area contributed by atoms with E-state index in [0.29, 0.717) is 13.1 Å². The van der Waals surface area contributed by atoms with Crippen molar-refractivity contribution >= 4 is 17.5 Å². The van der Waals surface area contributed by atoms with Gasteiger partial charge in [-0.1, -0.05) is 78.4 Å². The number of amides is 2. The third-order valence-corrected chi connectivity index (χ3v) is 5.98. The molecule has 0 bridgehead atoms. The molecule has 1 aliphatic rings. The van der Waals surface area contributed by atoms with Crippen molar-refractivity contribution in [3.8, 4) is 0 Å². The maximum Gasteiger partial charge on any atom is 0.227 e. The zero-order chi connectivity index (χ0) is 21.6. The monoisotopic (exact) mass is 412 g/mol. The van der Waals surface area contributed by atoms with Gasteiger partial charge in [0, 0.05) is 31.1 Å². The van der Waals surface area contributed by atoms with Crippen molar-refractivity contribution in [2.75, 3.05) is 18.0 Å². The average molecular weight is 413 g/mol. The summed E-state index contributed by atoms with van der Waals surface area (Å²) in [5.74, 6) is -0.115. The molecule has 4 rings (SSSR count). The molecule has 4 nitrogen and oxygen atoms in total. The standard InChI is InChI=1S/C27H28N2O2/c1-20-12-14-24(15-13-20)29-19-23(18-26(29)30)27(31)28-17-16-25(21-8-4-2-5-9-21)22-10-6-3-7-11-22/h2-15,23,25H,16-19H2,1H3,(H,28,31)/t23-/m1/s1. The number of nitrogens with one attached hydrogen (secondary N) is 1. The van der Waals surface area contributed by atoms with Gasteiger partial charge in [0.2, 0.25) is 11.8 Å². The first kappa shape index (κ1) is 20.9. The van der Waals surface area contributed by atoms with Crippen LogP contribution in [0.3, 0.4) is 0 Å². The van der Waals surface area contributed by atoms with E-state index < -0.39 is 0 Å². The zero-order valence-corrected chi connectivity index (χ0v) is 17.8. The Morgan fingerprint density at radius 2 is 1.52 bits per heavy atom.